The highest BCUT2D eigenvalue weighted by Gasteiger charge is 2.06. The summed E-state index contributed by atoms with van der Waals surface area (Å²) in [4.78, 5) is 6.98. The Kier molecular flexibility index (Phi) is 3.90. The highest BCUT2D eigenvalue weighted by molar-refractivity contribution is 5.14. The Morgan fingerprint density at radius 2 is 1.88 bits per heavy atom. The van der Waals surface area contributed by atoms with Crippen LogP contribution in [0.2, 0.25) is 0 Å². The molecule has 0 radical (unpaired) electrons. The number of nitrogens with zero attached hydrogens (tertiary/aromatic N) is 1. The van der Waals surface area contributed by atoms with E-state index in [0.29, 0.717) is 5.69 Å². The fraction of sp³-hybridized carbons (Fsp3) is 0.308. The Hall–Kier alpha value is -1.65. The number of benzene rings is 1. The minimum Gasteiger partial charge on any atom is -0.363 e. The van der Waals surface area contributed by atoms with Gasteiger partial charge in [0.05, 0.1) is 11.9 Å². The lowest BCUT2D eigenvalue weighted by Gasteiger charge is -2.00. The highest BCUT2D eigenvalue weighted by Crippen LogP contribution is 2.09. The quantitative estimate of drug-likeness (QED) is 0.685. The average Bonchev–Trinajstić information content (AvgIpc) is 2.79. The zero-order valence-corrected chi connectivity index (χ0v) is 9.50. The van der Waals surface area contributed by atoms with E-state index in [2.05, 4.69) is 22.1 Å². The summed E-state index contributed by atoms with van der Waals surface area (Å²) in [7, 11) is 0. The summed E-state index contributed by atoms with van der Waals surface area (Å²) in [6.07, 6.45) is 2.78. The molecule has 0 unspecified atom stereocenters. The average molecular weight is 232 g/mol. The van der Waals surface area contributed by atoms with Crippen molar-refractivity contribution in [3.63, 3.8) is 0 Å². The van der Waals surface area contributed by atoms with Gasteiger partial charge >= 0.3 is 0 Å². The molecule has 0 bridgehead atoms. The van der Waals surface area contributed by atoms with Crippen molar-refractivity contribution in [1.82, 2.24) is 9.97 Å². The van der Waals surface area contributed by atoms with E-state index in [1.165, 1.54) is 11.8 Å². The molecule has 2 rings (SSSR count). The molecule has 4 nitrogen and oxygen atoms in total. The fourth-order valence-corrected chi connectivity index (χ4v) is 1.74. The second kappa shape index (κ2) is 5.61. The van der Waals surface area contributed by atoms with Crippen LogP contribution in [0, 0.1) is 0 Å². The molecule has 1 heterocycles. The molecule has 0 saturated carbocycles. The molecular weight excluding hydrogens is 216 g/mol. The first-order valence-corrected chi connectivity index (χ1v) is 5.69. The van der Waals surface area contributed by atoms with Gasteiger partial charge in [0.2, 0.25) is 0 Å². The smallest absolute Gasteiger partial charge is 0.195 e. The van der Waals surface area contributed by atoms with Crippen molar-refractivity contribution in [3.8, 4) is 0 Å². The SMILES string of the molecule is OC(O)c1cnc(CCCc2ccccc2)[nH]1. The third kappa shape index (κ3) is 3.41. The van der Waals surface area contributed by atoms with Crippen molar-refractivity contribution in [1.29, 1.82) is 0 Å². The number of imidazole rings is 1. The van der Waals surface area contributed by atoms with E-state index in [-0.39, 0.29) is 0 Å². The zero-order chi connectivity index (χ0) is 12.1. The lowest BCUT2D eigenvalue weighted by molar-refractivity contribution is -0.0456. The molecule has 0 spiro atoms. The molecule has 0 fully saturated rings. The number of H-pyrrole nitrogens is 1. The van der Waals surface area contributed by atoms with E-state index >= 15 is 0 Å². The molecular formula is C13H16N2O2. The number of aliphatic hydroxyl groups is 2. The Morgan fingerprint density at radius 3 is 2.53 bits per heavy atom. The Morgan fingerprint density at radius 1 is 1.12 bits per heavy atom. The molecule has 1 aromatic carbocycles. The maximum absolute atomic E-state index is 8.92. The third-order valence-corrected chi connectivity index (χ3v) is 2.65. The highest BCUT2D eigenvalue weighted by atomic mass is 16.5. The second-order valence-corrected chi connectivity index (χ2v) is 4.00. The summed E-state index contributed by atoms with van der Waals surface area (Å²) >= 11 is 0. The number of aromatic amines is 1. The number of hydrogen-bond acceptors (Lipinski definition) is 3. The molecule has 2 aromatic rings. The summed E-state index contributed by atoms with van der Waals surface area (Å²) in [6.45, 7) is 0. The van der Waals surface area contributed by atoms with Gasteiger partial charge < -0.3 is 15.2 Å². The molecule has 0 atom stereocenters. The van der Waals surface area contributed by atoms with E-state index in [1.54, 1.807) is 0 Å². The summed E-state index contributed by atoms with van der Waals surface area (Å²) in [5.74, 6) is 0.795. The van der Waals surface area contributed by atoms with Crippen LogP contribution >= 0.6 is 0 Å². The molecule has 4 heteroatoms. The van der Waals surface area contributed by atoms with E-state index < -0.39 is 6.29 Å². The van der Waals surface area contributed by atoms with Gasteiger partial charge in [0, 0.05) is 6.42 Å². The Balaban J connectivity index is 1.82. The van der Waals surface area contributed by atoms with Crippen molar-refractivity contribution in [2.24, 2.45) is 0 Å². The van der Waals surface area contributed by atoms with Crippen LogP contribution in [0.4, 0.5) is 0 Å². The maximum Gasteiger partial charge on any atom is 0.195 e. The van der Waals surface area contributed by atoms with Gasteiger partial charge in [0.15, 0.2) is 6.29 Å². The fourth-order valence-electron chi connectivity index (χ4n) is 1.74. The Bertz CT molecular complexity index is 451. The van der Waals surface area contributed by atoms with Gasteiger partial charge in [-0.25, -0.2) is 4.98 Å². The Labute approximate surface area is 100.0 Å². The number of aryl methyl sites for hydroxylation is 2. The molecule has 1 aromatic heterocycles. The van der Waals surface area contributed by atoms with Gasteiger partial charge in [0.1, 0.15) is 5.82 Å². The first kappa shape index (κ1) is 11.8. The maximum atomic E-state index is 8.92. The molecule has 0 aliphatic carbocycles. The van der Waals surface area contributed by atoms with Crippen LogP contribution < -0.4 is 0 Å². The molecule has 3 N–H and O–H groups in total. The predicted molar refractivity (Wildman–Crippen MR) is 64.2 cm³/mol. The van der Waals surface area contributed by atoms with Crippen LogP contribution in [-0.4, -0.2) is 20.2 Å². The standard InChI is InChI=1S/C13H16N2O2/c16-13(17)11-9-14-12(15-11)8-4-7-10-5-2-1-3-6-10/h1-3,5-6,9,13,16-17H,4,7-8H2,(H,14,15). The summed E-state index contributed by atoms with van der Waals surface area (Å²) in [6, 6.07) is 10.3. The first-order valence-electron chi connectivity index (χ1n) is 5.69. The normalized spacial score (nSPS) is 11.0. The van der Waals surface area contributed by atoms with Crippen molar-refractivity contribution in [2.75, 3.05) is 0 Å². The van der Waals surface area contributed by atoms with Gasteiger partial charge in [-0.15, -0.1) is 0 Å². The molecule has 0 amide bonds. The van der Waals surface area contributed by atoms with Crippen LogP contribution in [0.15, 0.2) is 36.5 Å². The van der Waals surface area contributed by atoms with Gasteiger partial charge in [-0.1, -0.05) is 30.3 Å². The largest absolute Gasteiger partial charge is 0.363 e. The predicted octanol–water partition coefficient (Wildman–Crippen LogP) is 1.57. The number of aliphatic hydroxyl groups excluding tert-OH is 1. The molecule has 17 heavy (non-hydrogen) atoms. The summed E-state index contributed by atoms with van der Waals surface area (Å²) < 4.78 is 0. The monoisotopic (exact) mass is 232 g/mol. The molecule has 90 valence electrons. The zero-order valence-electron chi connectivity index (χ0n) is 9.50. The van der Waals surface area contributed by atoms with Crippen LogP contribution in [-0.2, 0) is 12.8 Å². The first-order chi connectivity index (χ1) is 8.25. The van der Waals surface area contributed by atoms with E-state index in [1.807, 2.05) is 18.2 Å². The molecule has 0 saturated heterocycles. The number of aromatic nitrogens is 2. The summed E-state index contributed by atoms with van der Waals surface area (Å²) in [5.41, 5.74) is 1.65. The summed E-state index contributed by atoms with van der Waals surface area (Å²) in [5, 5.41) is 17.8. The van der Waals surface area contributed by atoms with Crippen molar-refractivity contribution in [3.05, 3.63) is 53.6 Å². The molecule has 0 aliphatic rings. The van der Waals surface area contributed by atoms with Gasteiger partial charge in [0.25, 0.3) is 0 Å². The van der Waals surface area contributed by atoms with Gasteiger partial charge in [-0.3, -0.25) is 0 Å². The molecule has 0 aliphatic heterocycles. The van der Waals surface area contributed by atoms with Gasteiger partial charge in [-0.05, 0) is 18.4 Å². The van der Waals surface area contributed by atoms with Crippen LogP contribution in [0.5, 0.6) is 0 Å². The van der Waals surface area contributed by atoms with Crippen molar-refractivity contribution >= 4 is 0 Å². The van der Waals surface area contributed by atoms with Gasteiger partial charge in [-0.2, -0.15) is 0 Å². The van der Waals surface area contributed by atoms with E-state index in [9.17, 15) is 0 Å². The van der Waals surface area contributed by atoms with E-state index in [4.69, 9.17) is 10.2 Å². The minimum absolute atomic E-state index is 0.347. The minimum atomic E-state index is -1.47. The number of nitrogens with one attached hydrogen (secondary N) is 1. The van der Waals surface area contributed by atoms with Crippen molar-refractivity contribution in [2.45, 2.75) is 25.6 Å². The lowest BCUT2D eigenvalue weighted by atomic mass is 10.1. The van der Waals surface area contributed by atoms with Crippen LogP contribution in [0.1, 0.15) is 29.8 Å². The number of rotatable bonds is 5. The van der Waals surface area contributed by atoms with E-state index in [0.717, 1.165) is 25.1 Å². The van der Waals surface area contributed by atoms with Crippen molar-refractivity contribution < 1.29 is 10.2 Å². The van der Waals surface area contributed by atoms with Crippen LogP contribution in [0.25, 0.3) is 0 Å². The topological polar surface area (TPSA) is 69.1 Å². The van der Waals surface area contributed by atoms with Crippen LogP contribution in [0.3, 0.4) is 0 Å². The lowest BCUT2D eigenvalue weighted by Crippen LogP contribution is -1.96. The second-order valence-electron chi connectivity index (χ2n) is 4.00. The third-order valence-electron chi connectivity index (χ3n) is 2.65. The number of hydrogen-bond donors (Lipinski definition) is 3.